The Bertz CT molecular complexity index is 976. The fourth-order valence-corrected chi connectivity index (χ4v) is 3.60. The molecule has 0 aliphatic rings. The maximum absolute atomic E-state index is 13.9. The second-order valence-corrected chi connectivity index (χ2v) is 6.79. The molecule has 0 fully saturated rings. The first-order valence-corrected chi connectivity index (χ1v) is 8.57. The molecule has 0 unspecified atom stereocenters. The van der Waals surface area contributed by atoms with Crippen LogP contribution in [0.3, 0.4) is 0 Å². The van der Waals surface area contributed by atoms with E-state index in [1.54, 1.807) is 16.6 Å². The van der Waals surface area contributed by atoms with E-state index in [0.29, 0.717) is 28.4 Å². The molecular formula is C17H12ClFN4S. The zero-order valence-electron chi connectivity index (χ0n) is 12.5. The Labute approximate surface area is 146 Å². The standard InChI is InChI=1S/C17H12ClFN4S/c18-13-7-4-8-14(19)12(13)10-16-22-23-15(20-21-17(23)24-16)9-11-5-2-1-3-6-11/h1-8H,9-10H2. The van der Waals surface area contributed by atoms with Crippen molar-refractivity contribution in [3.63, 3.8) is 0 Å². The summed E-state index contributed by atoms with van der Waals surface area (Å²) in [5.74, 6) is 0.441. The summed E-state index contributed by atoms with van der Waals surface area (Å²) in [5, 5.41) is 14.0. The normalized spacial score (nSPS) is 11.2. The summed E-state index contributed by atoms with van der Waals surface area (Å²) in [7, 11) is 0. The molecule has 2 aromatic heterocycles. The van der Waals surface area contributed by atoms with Crippen molar-refractivity contribution >= 4 is 27.9 Å². The molecule has 7 heteroatoms. The second-order valence-electron chi connectivity index (χ2n) is 5.35. The van der Waals surface area contributed by atoms with Gasteiger partial charge in [-0.2, -0.15) is 9.61 Å². The molecule has 120 valence electrons. The number of rotatable bonds is 4. The van der Waals surface area contributed by atoms with Gasteiger partial charge in [0.2, 0.25) is 4.96 Å². The fraction of sp³-hybridized carbons (Fsp3) is 0.118. The van der Waals surface area contributed by atoms with Crippen LogP contribution in [0.5, 0.6) is 0 Å². The first-order chi connectivity index (χ1) is 11.7. The molecule has 0 aliphatic carbocycles. The number of benzene rings is 2. The Morgan fingerprint density at radius 3 is 2.62 bits per heavy atom. The van der Waals surface area contributed by atoms with Crippen LogP contribution in [-0.2, 0) is 12.8 Å². The van der Waals surface area contributed by atoms with Crippen molar-refractivity contribution in [2.24, 2.45) is 0 Å². The Kier molecular flexibility index (Phi) is 4.00. The SMILES string of the molecule is Fc1cccc(Cl)c1Cc1nn2c(Cc3ccccc3)nnc2s1. The molecule has 4 nitrogen and oxygen atoms in total. The lowest BCUT2D eigenvalue weighted by Crippen LogP contribution is -1.99. The second kappa shape index (κ2) is 6.30. The van der Waals surface area contributed by atoms with Gasteiger partial charge in [-0.3, -0.25) is 0 Å². The highest BCUT2D eigenvalue weighted by Gasteiger charge is 2.15. The van der Waals surface area contributed by atoms with Crippen molar-refractivity contribution in [2.75, 3.05) is 0 Å². The third kappa shape index (κ3) is 2.90. The molecule has 4 aromatic rings. The highest BCUT2D eigenvalue weighted by Crippen LogP contribution is 2.25. The highest BCUT2D eigenvalue weighted by atomic mass is 35.5. The van der Waals surface area contributed by atoms with Crippen molar-refractivity contribution in [3.05, 3.63) is 81.3 Å². The quantitative estimate of drug-likeness (QED) is 0.550. The average Bonchev–Trinajstić information content (AvgIpc) is 3.14. The van der Waals surface area contributed by atoms with Crippen molar-refractivity contribution in [1.29, 1.82) is 0 Å². The predicted molar refractivity (Wildman–Crippen MR) is 92.1 cm³/mol. The lowest BCUT2D eigenvalue weighted by molar-refractivity contribution is 0.613. The Hall–Kier alpha value is -2.31. The smallest absolute Gasteiger partial charge is 0.207 e. The topological polar surface area (TPSA) is 43.1 Å². The van der Waals surface area contributed by atoms with Gasteiger partial charge in [0, 0.05) is 23.4 Å². The summed E-state index contributed by atoms with van der Waals surface area (Å²) in [6, 6.07) is 14.7. The van der Waals surface area contributed by atoms with Crippen LogP contribution in [0, 0.1) is 5.82 Å². The third-order valence-electron chi connectivity index (χ3n) is 3.69. The van der Waals surface area contributed by atoms with Gasteiger partial charge in [-0.15, -0.1) is 10.2 Å². The van der Waals surface area contributed by atoms with Gasteiger partial charge in [0.25, 0.3) is 0 Å². The minimum atomic E-state index is -0.321. The summed E-state index contributed by atoms with van der Waals surface area (Å²) in [5.41, 5.74) is 1.59. The van der Waals surface area contributed by atoms with Gasteiger partial charge < -0.3 is 0 Å². The molecule has 0 amide bonds. The predicted octanol–water partition coefficient (Wildman–Crippen LogP) is 4.16. The Morgan fingerprint density at radius 2 is 1.83 bits per heavy atom. The van der Waals surface area contributed by atoms with Crippen LogP contribution in [0.1, 0.15) is 22.0 Å². The monoisotopic (exact) mass is 358 g/mol. The number of halogens is 2. The number of fused-ring (bicyclic) bond motifs is 1. The Morgan fingerprint density at radius 1 is 1.00 bits per heavy atom. The van der Waals surface area contributed by atoms with E-state index in [9.17, 15) is 4.39 Å². The summed E-state index contributed by atoms with van der Waals surface area (Å²) in [6.07, 6.45) is 0.982. The van der Waals surface area contributed by atoms with E-state index in [1.807, 2.05) is 30.3 Å². The van der Waals surface area contributed by atoms with Crippen LogP contribution < -0.4 is 0 Å². The van der Waals surface area contributed by atoms with E-state index in [2.05, 4.69) is 15.3 Å². The number of hydrogen-bond acceptors (Lipinski definition) is 4. The molecule has 0 bridgehead atoms. The van der Waals surface area contributed by atoms with Crippen LogP contribution in [0.4, 0.5) is 4.39 Å². The van der Waals surface area contributed by atoms with Gasteiger partial charge in [-0.1, -0.05) is 59.3 Å². The van der Waals surface area contributed by atoms with E-state index in [0.717, 1.165) is 16.4 Å². The molecule has 0 radical (unpaired) electrons. The summed E-state index contributed by atoms with van der Waals surface area (Å²) in [4.78, 5) is 0.698. The highest BCUT2D eigenvalue weighted by molar-refractivity contribution is 7.16. The zero-order chi connectivity index (χ0) is 16.5. The van der Waals surface area contributed by atoms with Gasteiger partial charge >= 0.3 is 0 Å². The summed E-state index contributed by atoms with van der Waals surface area (Å²) in [6.45, 7) is 0. The average molecular weight is 359 g/mol. The van der Waals surface area contributed by atoms with E-state index in [4.69, 9.17) is 11.6 Å². The third-order valence-corrected chi connectivity index (χ3v) is 4.94. The van der Waals surface area contributed by atoms with Crippen molar-refractivity contribution in [1.82, 2.24) is 19.8 Å². The van der Waals surface area contributed by atoms with Gasteiger partial charge in [0.15, 0.2) is 5.82 Å². The van der Waals surface area contributed by atoms with Gasteiger partial charge in [-0.05, 0) is 17.7 Å². The van der Waals surface area contributed by atoms with Crippen molar-refractivity contribution < 1.29 is 4.39 Å². The van der Waals surface area contributed by atoms with Gasteiger partial charge in [0.1, 0.15) is 10.8 Å². The molecule has 0 saturated heterocycles. The van der Waals surface area contributed by atoms with Crippen LogP contribution >= 0.6 is 22.9 Å². The molecule has 0 N–H and O–H groups in total. The molecule has 0 spiro atoms. The number of hydrogen-bond donors (Lipinski definition) is 0. The van der Waals surface area contributed by atoms with E-state index in [1.165, 1.54) is 17.4 Å². The number of nitrogens with zero attached hydrogens (tertiary/aromatic N) is 4. The maximum atomic E-state index is 13.9. The maximum Gasteiger partial charge on any atom is 0.234 e. The number of aromatic nitrogens is 4. The van der Waals surface area contributed by atoms with Crippen molar-refractivity contribution in [3.8, 4) is 0 Å². The first-order valence-electron chi connectivity index (χ1n) is 7.37. The lowest BCUT2D eigenvalue weighted by atomic mass is 10.1. The minimum absolute atomic E-state index is 0.321. The Balaban J connectivity index is 1.65. The lowest BCUT2D eigenvalue weighted by Gasteiger charge is -2.02. The van der Waals surface area contributed by atoms with E-state index < -0.39 is 0 Å². The van der Waals surface area contributed by atoms with Crippen LogP contribution in [0.2, 0.25) is 5.02 Å². The molecule has 2 aromatic carbocycles. The molecule has 2 heterocycles. The van der Waals surface area contributed by atoms with Gasteiger partial charge in [-0.25, -0.2) is 4.39 Å². The molecule has 24 heavy (non-hydrogen) atoms. The largest absolute Gasteiger partial charge is 0.234 e. The van der Waals surface area contributed by atoms with Crippen LogP contribution in [0.25, 0.3) is 4.96 Å². The first kappa shape index (κ1) is 15.2. The van der Waals surface area contributed by atoms with Gasteiger partial charge in [0.05, 0.1) is 0 Å². The van der Waals surface area contributed by atoms with E-state index >= 15 is 0 Å². The molecule has 0 saturated carbocycles. The zero-order valence-corrected chi connectivity index (χ0v) is 14.1. The molecule has 4 rings (SSSR count). The summed E-state index contributed by atoms with van der Waals surface area (Å²) < 4.78 is 15.7. The minimum Gasteiger partial charge on any atom is -0.207 e. The molecular weight excluding hydrogens is 347 g/mol. The van der Waals surface area contributed by atoms with E-state index in [-0.39, 0.29) is 5.82 Å². The summed E-state index contributed by atoms with van der Waals surface area (Å²) >= 11 is 7.49. The molecule has 0 aliphatic heterocycles. The van der Waals surface area contributed by atoms with Crippen molar-refractivity contribution in [2.45, 2.75) is 12.8 Å². The van der Waals surface area contributed by atoms with Crippen LogP contribution in [-0.4, -0.2) is 19.8 Å². The fourth-order valence-electron chi connectivity index (χ4n) is 2.51. The molecule has 0 atom stereocenters. The van der Waals surface area contributed by atoms with Crippen LogP contribution in [0.15, 0.2) is 48.5 Å².